The second-order valence-electron chi connectivity index (χ2n) is 6.51. The minimum absolute atomic E-state index is 0.584. The Morgan fingerprint density at radius 3 is 2.95 bits per heavy atom. The summed E-state index contributed by atoms with van der Waals surface area (Å²) in [6, 6.07) is 8.18. The van der Waals surface area contributed by atoms with Crippen molar-refractivity contribution in [2.45, 2.75) is 51.6 Å². The fraction of sp³-hybridized carbons (Fsp3) is 0.647. The molecule has 0 bridgehead atoms. The van der Waals surface area contributed by atoms with E-state index in [2.05, 4.69) is 36.9 Å². The smallest absolute Gasteiger partial charge is 0.0357 e. The molecule has 19 heavy (non-hydrogen) atoms. The normalized spacial score (nSPS) is 31.4. The van der Waals surface area contributed by atoms with Crippen LogP contribution in [-0.4, -0.2) is 24.0 Å². The summed E-state index contributed by atoms with van der Waals surface area (Å²) in [4.78, 5) is 2.70. The molecule has 2 N–H and O–H groups in total. The summed E-state index contributed by atoms with van der Waals surface area (Å²) in [6.45, 7) is 6.60. The molecule has 3 unspecified atom stereocenters. The topological polar surface area (TPSA) is 29.3 Å². The van der Waals surface area contributed by atoms with Crippen molar-refractivity contribution in [2.24, 2.45) is 11.7 Å². The van der Waals surface area contributed by atoms with Crippen LogP contribution in [0.1, 0.15) is 48.9 Å². The van der Waals surface area contributed by atoms with E-state index >= 15 is 0 Å². The van der Waals surface area contributed by atoms with E-state index in [9.17, 15) is 0 Å². The molecule has 0 radical (unpaired) electrons. The van der Waals surface area contributed by atoms with E-state index in [0.717, 1.165) is 12.5 Å². The first-order valence-corrected chi connectivity index (χ1v) is 7.74. The molecule has 1 aromatic carbocycles. The van der Waals surface area contributed by atoms with Crippen molar-refractivity contribution in [2.75, 3.05) is 13.1 Å². The summed E-state index contributed by atoms with van der Waals surface area (Å²) in [5.41, 5.74) is 10.6. The fourth-order valence-corrected chi connectivity index (χ4v) is 3.96. The summed E-state index contributed by atoms with van der Waals surface area (Å²) in [6.07, 6.45) is 5.12. The van der Waals surface area contributed by atoms with E-state index in [1.165, 1.54) is 37.8 Å². The number of hydrogen-bond acceptors (Lipinski definition) is 2. The molecule has 1 fully saturated rings. The summed E-state index contributed by atoms with van der Waals surface area (Å²) < 4.78 is 0. The minimum atomic E-state index is 0.584. The molecule has 1 aromatic rings. The molecule has 3 atom stereocenters. The van der Waals surface area contributed by atoms with E-state index in [-0.39, 0.29) is 0 Å². The van der Waals surface area contributed by atoms with Gasteiger partial charge in [0.25, 0.3) is 0 Å². The number of nitrogens with two attached hydrogens (primary N) is 1. The molecule has 104 valence electrons. The Morgan fingerprint density at radius 1 is 1.32 bits per heavy atom. The van der Waals surface area contributed by atoms with E-state index in [1.54, 1.807) is 11.1 Å². The standard InChI is InChI=1S/C17H26N2/c1-12-3-4-14-5-6-17(16(14)10-12)19-8-7-13(2)9-15(19)11-18/h3-4,10,13,15,17H,5-9,11,18H2,1-2H3. The molecule has 1 aliphatic heterocycles. The van der Waals surface area contributed by atoms with E-state index in [1.807, 2.05) is 0 Å². The number of piperidine rings is 1. The number of nitrogens with zero attached hydrogens (tertiary/aromatic N) is 1. The van der Waals surface area contributed by atoms with Crippen LogP contribution in [0.2, 0.25) is 0 Å². The lowest BCUT2D eigenvalue weighted by molar-refractivity contribution is 0.0759. The predicted octanol–water partition coefficient (Wildman–Crippen LogP) is 3.04. The fourth-order valence-electron chi connectivity index (χ4n) is 3.96. The highest BCUT2D eigenvalue weighted by Crippen LogP contribution is 2.39. The van der Waals surface area contributed by atoms with Gasteiger partial charge < -0.3 is 5.73 Å². The molecule has 2 nitrogen and oxygen atoms in total. The Morgan fingerprint density at radius 2 is 2.16 bits per heavy atom. The largest absolute Gasteiger partial charge is 0.329 e. The van der Waals surface area contributed by atoms with Crippen molar-refractivity contribution in [1.82, 2.24) is 4.90 Å². The highest BCUT2D eigenvalue weighted by atomic mass is 15.2. The highest BCUT2D eigenvalue weighted by molar-refractivity contribution is 5.37. The van der Waals surface area contributed by atoms with Crippen molar-refractivity contribution in [1.29, 1.82) is 0 Å². The maximum atomic E-state index is 6.03. The molecule has 0 saturated carbocycles. The van der Waals surface area contributed by atoms with Gasteiger partial charge in [-0.3, -0.25) is 4.90 Å². The SMILES string of the molecule is Cc1ccc2c(c1)C(N1CCC(C)CC1CN)CC2. The molecular formula is C17H26N2. The Hall–Kier alpha value is -0.860. The van der Waals surface area contributed by atoms with Crippen LogP contribution >= 0.6 is 0 Å². The zero-order valence-electron chi connectivity index (χ0n) is 12.2. The lowest BCUT2D eigenvalue weighted by Gasteiger charge is -2.42. The molecule has 0 amide bonds. The van der Waals surface area contributed by atoms with Gasteiger partial charge >= 0.3 is 0 Å². The molecular weight excluding hydrogens is 232 g/mol. The van der Waals surface area contributed by atoms with Crippen molar-refractivity contribution < 1.29 is 0 Å². The summed E-state index contributed by atoms with van der Waals surface area (Å²) in [7, 11) is 0. The average molecular weight is 258 g/mol. The lowest BCUT2D eigenvalue weighted by atomic mass is 9.90. The third kappa shape index (κ3) is 2.44. The number of rotatable bonds is 2. The Bertz CT molecular complexity index is 455. The molecule has 3 rings (SSSR count). The molecule has 1 aliphatic carbocycles. The van der Waals surface area contributed by atoms with Gasteiger partial charge in [-0.25, -0.2) is 0 Å². The van der Waals surface area contributed by atoms with Crippen LogP contribution in [0.3, 0.4) is 0 Å². The first kappa shape index (κ1) is 13.1. The Balaban J connectivity index is 1.86. The number of aryl methyl sites for hydroxylation is 2. The second-order valence-corrected chi connectivity index (χ2v) is 6.51. The van der Waals surface area contributed by atoms with Crippen LogP contribution in [0.5, 0.6) is 0 Å². The molecule has 0 spiro atoms. The maximum Gasteiger partial charge on any atom is 0.0357 e. The quantitative estimate of drug-likeness (QED) is 0.883. The van der Waals surface area contributed by atoms with Crippen LogP contribution in [0.25, 0.3) is 0 Å². The van der Waals surface area contributed by atoms with Gasteiger partial charge in [0.05, 0.1) is 0 Å². The van der Waals surface area contributed by atoms with Crippen LogP contribution in [0.4, 0.5) is 0 Å². The summed E-state index contributed by atoms with van der Waals surface area (Å²) >= 11 is 0. The molecule has 1 heterocycles. The van der Waals surface area contributed by atoms with E-state index < -0.39 is 0 Å². The monoisotopic (exact) mass is 258 g/mol. The van der Waals surface area contributed by atoms with Crippen LogP contribution in [-0.2, 0) is 6.42 Å². The zero-order chi connectivity index (χ0) is 13.4. The maximum absolute atomic E-state index is 6.03. The van der Waals surface area contributed by atoms with Gasteiger partial charge in [0.1, 0.15) is 0 Å². The number of likely N-dealkylation sites (tertiary alicyclic amines) is 1. The number of hydrogen-bond donors (Lipinski definition) is 1. The Labute approximate surface area is 117 Å². The van der Waals surface area contributed by atoms with Crippen LogP contribution in [0, 0.1) is 12.8 Å². The van der Waals surface area contributed by atoms with Crippen LogP contribution < -0.4 is 5.73 Å². The van der Waals surface area contributed by atoms with Crippen molar-refractivity contribution >= 4 is 0 Å². The molecule has 0 aromatic heterocycles. The third-order valence-electron chi connectivity index (χ3n) is 5.04. The predicted molar refractivity (Wildman–Crippen MR) is 80.2 cm³/mol. The van der Waals surface area contributed by atoms with Gasteiger partial charge in [0, 0.05) is 18.6 Å². The summed E-state index contributed by atoms with van der Waals surface area (Å²) in [5, 5.41) is 0. The molecule has 2 heteroatoms. The highest BCUT2D eigenvalue weighted by Gasteiger charge is 2.34. The molecule has 1 saturated heterocycles. The molecule has 2 aliphatic rings. The third-order valence-corrected chi connectivity index (χ3v) is 5.04. The summed E-state index contributed by atoms with van der Waals surface area (Å²) in [5.74, 6) is 0.836. The second kappa shape index (κ2) is 5.26. The van der Waals surface area contributed by atoms with Crippen molar-refractivity contribution in [3.8, 4) is 0 Å². The van der Waals surface area contributed by atoms with Gasteiger partial charge in [0.2, 0.25) is 0 Å². The van der Waals surface area contributed by atoms with E-state index in [0.29, 0.717) is 12.1 Å². The number of fused-ring (bicyclic) bond motifs is 1. The van der Waals surface area contributed by atoms with Gasteiger partial charge in [-0.2, -0.15) is 0 Å². The average Bonchev–Trinajstić information content (AvgIpc) is 2.81. The lowest BCUT2D eigenvalue weighted by Crippen LogP contribution is -2.47. The van der Waals surface area contributed by atoms with E-state index in [4.69, 9.17) is 5.73 Å². The van der Waals surface area contributed by atoms with Gasteiger partial charge in [0.15, 0.2) is 0 Å². The van der Waals surface area contributed by atoms with Crippen molar-refractivity contribution in [3.05, 3.63) is 34.9 Å². The Kier molecular flexibility index (Phi) is 3.64. The first-order valence-electron chi connectivity index (χ1n) is 7.74. The van der Waals surface area contributed by atoms with Gasteiger partial charge in [-0.15, -0.1) is 0 Å². The first-order chi connectivity index (χ1) is 9.19. The van der Waals surface area contributed by atoms with Gasteiger partial charge in [-0.05, 0) is 56.2 Å². The van der Waals surface area contributed by atoms with Crippen molar-refractivity contribution in [3.63, 3.8) is 0 Å². The minimum Gasteiger partial charge on any atom is -0.329 e. The zero-order valence-corrected chi connectivity index (χ0v) is 12.2. The van der Waals surface area contributed by atoms with Gasteiger partial charge in [-0.1, -0.05) is 30.7 Å². The number of benzene rings is 1. The van der Waals surface area contributed by atoms with Crippen LogP contribution in [0.15, 0.2) is 18.2 Å².